The van der Waals surface area contributed by atoms with Crippen molar-refractivity contribution in [2.75, 3.05) is 13.2 Å². The molecule has 0 bridgehead atoms. The second-order valence-electron chi connectivity index (χ2n) is 19.4. The van der Waals surface area contributed by atoms with Crippen LogP contribution in [0.2, 0.25) is 0 Å². The second-order valence-corrected chi connectivity index (χ2v) is 19.4. The molecule has 0 saturated heterocycles. The van der Waals surface area contributed by atoms with Crippen molar-refractivity contribution in [2.24, 2.45) is 11.8 Å². The summed E-state index contributed by atoms with van der Waals surface area (Å²) in [6, 6.07) is 0. The van der Waals surface area contributed by atoms with Crippen molar-refractivity contribution in [1.29, 1.82) is 0 Å². The average molecular weight is 863 g/mol. The number of esters is 3. The van der Waals surface area contributed by atoms with E-state index in [4.69, 9.17) is 14.2 Å². The maximum absolute atomic E-state index is 12.8. The van der Waals surface area contributed by atoms with Crippen LogP contribution in [0.15, 0.2) is 0 Å². The van der Waals surface area contributed by atoms with Crippen LogP contribution >= 0.6 is 0 Å². The highest BCUT2D eigenvalue weighted by molar-refractivity contribution is 5.71. The number of carbonyl (C=O) groups is 3. The first kappa shape index (κ1) is 59.4. The highest BCUT2D eigenvalue weighted by Crippen LogP contribution is 2.18. The first-order chi connectivity index (χ1) is 29.8. The number of rotatable bonds is 49. The van der Waals surface area contributed by atoms with E-state index in [9.17, 15) is 14.4 Å². The molecule has 0 rings (SSSR count). The van der Waals surface area contributed by atoms with E-state index >= 15 is 0 Å². The highest BCUT2D eigenvalue weighted by atomic mass is 16.6. The molecule has 0 aromatic carbocycles. The van der Waals surface area contributed by atoms with Gasteiger partial charge in [-0.1, -0.05) is 266 Å². The topological polar surface area (TPSA) is 78.9 Å². The normalized spacial score (nSPS) is 12.9. The highest BCUT2D eigenvalue weighted by Gasteiger charge is 2.19. The molecular weight excluding hydrogens is 757 g/mol. The lowest BCUT2D eigenvalue weighted by atomic mass is 9.99. The van der Waals surface area contributed by atoms with E-state index in [1.807, 2.05) is 0 Å². The van der Waals surface area contributed by atoms with E-state index in [2.05, 4.69) is 34.6 Å². The van der Waals surface area contributed by atoms with Crippen LogP contribution in [0.3, 0.4) is 0 Å². The van der Waals surface area contributed by atoms with Crippen molar-refractivity contribution in [2.45, 2.75) is 310 Å². The minimum atomic E-state index is -0.762. The average Bonchev–Trinajstić information content (AvgIpc) is 3.26. The van der Waals surface area contributed by atoms with Gasteiger partial charge in [0, 0.05) is 19.3 Å². The summed E-state index contributed by atoms with van der Waals surface area (Å²) >= 11 is 0. The molecule has 0 N–H and O–H groups in total. The summed E-state index contributed by atoms with van der Waals surface area (Å²) in [5.41, 5.74) is 0. The van der Waals surface area contributed by atoms with Crippen LogP contribution in [-0.2, 0) is 28.6 Å². The Labute approximate surface area is 380 Å². The molecule has 0 heterocycles. The molecule has 2 unspecified atom stereocenters. The van der Waals surface area contributed by atoms with Crippen molar-refractivity contribution >= 4 is 17.9 Å². The summed E-state index contributed by atoms with van der Waals surface area (Å²) in [5.74, 6) is 0.874. The van der Waals surface area contributed by atoms with Gasteiger partial charge in [0.2, 0.25) is 0 Å². The summed E-state index contributed by atoms with van der Waals surface area (Å²) in [5, 5.41) is 0. The van der Waals surface area contributed by atoms with Crippen LogP contribution in [0.4, 0.5) is 0 Å². The van der Waals surface area contributed by atoms with Gasteiger partial charge in [-0.05, 0) is 31.1 Å². The molecule has 0 aliphatic carbocycles. The van der Waals surface area contributed by atoms with Gasteiger partial charge in [-0.25, -0.2) is 0 Å². The zero-order valence-corrected chi connectivity index (χ0v) is 41.8. The summed E-state index contributed by atoms with van der Waals surface area (Å²) in [7, 11) is 0. The van der Waals surface area contributed by atoms with Gasteiger partial charge in [-0.15, -0.1) is 0 Å². The lowest BCUT2D eigenvalue weighted by Gasteiger charge is -2.18. The van der Waals surface area contributed by atoms with Crippen LogP contribution < -0.4 is 0 Å². The Balaban J connectivity index is 4.20. The van der Waals surface area contributed by atoms with Crippen LogP contribution in [0.1, 0.15) is 304 Å². The fraction of sp³-hybridized carbons (Fsp3) is 0.945. The number of ether oxygens (including phenoxy) is 3. The quantitative estimate of drug-likeness (QED) is 0.0344. The van der Waals surface area contributed by atoms with E-state index in [0.717, 1.165) is 69.6 Å². The Morgan fingerprint density at radius 3 is 0.852 bits per heavy atom. The molecule has 362 valence electrons. The third-order valence-corrected chi connectivity index (χ3v) is 13.2. The Bertz CT molecular complexity index is 935. The zero-order chi connectivity index (χ0) is 44.7. The van der Waals surface area contributed by atoms with Gasteiger partial charge in [-0.3, -0.25) is 14.4 Å². The Kier molecular flexibility index (Phi) is 46.6. The van der Waals surface area contributed by atoms with Crippen molar-refractivity contribution in [1.82, 2.24) is 0 Å². The molecule has 61 heavy (non-hydrogen) atoms. The molecule has 0 aromatic rings. The third kappa shape index (κ3) is 46.2. The van der Waals surface area contributed by atoms with Gasteiger partial charge < -0.3 is 14.2 Å². The molecule has 0 aliphatic heterocycles. The lowest BCUT2D eigenvalue weighted by Crippen LogP contribution is -2.30. The van der Waals surface area contributed by atoms with E-state index in [-0.39, 0.29) is 31.1 Å². The smallest absolute Gasteiger partial charge is 0.306 e. The first-order valence-corrected chi connectivity index (χ1v) is 27.3. The SMILES string of the molecule is CCCCCCCCCCCCCC(=O)OC[C@@H](COC(=O)CCCCCCCCC(C)CC)OC(=O)CCCCCCCCCCCCCCCCCCCCC(C)CC. The standard InChI is InChI=1S/C55H106O6/c1-6-9-10-11-12-13-22-26-29-35-40-45-53(56)59-48-52(49-60-54(57)46-41-36-32-31-34-39-44-51(5)8-3)61-55(58)47-42-37-30-27-24-21-19-17-15-14-16-18-20-23-25-28-33-38-43-50(4)7-2/h50-52H,6-49H2,1-5H3/t50?,51?,52-/m0/s1. The van der Waals surface area contributed by atoms with E-state index in [0.29, 0.717) is 19.3 Å². The molecule has 0 fully saturated rings. The van der Waals surface area contributed by atoms with E-state index < -0.39 is 6.10 Å². The minimum absolute atomic E-state index is 0.0641. The summed E-state index contributed by atoms with van der Waals surface area (Å²) in [6.07, 6.45) is 49.5. The third-order valence-electron chi connectivity index (χ3n) is 13.2. The van der Waals surface area contributed by atoms with Crippen LogP contribution in [0, 0.1) is 11.8 Å². The summed E-state index contributed by atoms with van der Waals surface area (Å²) < 4.78 is 16.8. The molecule has 0 radical (unpaired) electrons. The van der Waals surface area contributed by atoms with Gasteiger partial charge >= 0.3 is 17.9 Å². The van der Waals surface area contributed by atoms with Gasteiger partial charge in [-0.2, -0.15) is 0 Å². The van der Waals surface area contributed by atoms with Crippen LogP contribution in [-0.4, -0.2) is 37.2 Å². The molecule has 6 heteroatoms. The predicted molar refractivity (Wildman–Crippen MR) is 261 cm³/mol. The molecule has 0 spiro atoms. The Morgan fingerprint density at radius 2 is 0.574 bits per heavy atom. The summed E-state index contributed by atoms with van der Waals surface area (Å²) in [6.45, 7) is 11.4. The zero-order valence-electron chi connectivity index (χ0n) is 41.8. The molecule has 0 aliphatic rings. The Hall–Kier alpha value is -1.59. The first-order valence-electron chi connectivity index (χ1n) is 27.3. The molecule has 0 amide bonds. The number of hydrogen-bond donors (Lipinski definition) is 0. The van der Waals surface area contributed by atoms with Gasteiger partial charge in [0.25, 0.3) is 0 Å². The van der Waals surface area contributed by atoms with Crippen LogP contribution in [0.5, 0.6) is 0 Å². The van der Waals surface area contributed by atoms with Crippen molar-refractivity contribution < 1.29 is 28.6 Å². The molecule has 3 atom stereocenters. The van der Waals surface area contributed by atoms with Crippen molar-refractivity contribution in [3.63, 3.8) is 0 Å². The van der Waals surface area contributed by atoms with Crippen molar-refractivity contribution in [3.8, 4) is 0 Å². The van der Waals surface area contributed by atoms with Gasteiger partial charge in [0.15, 0.2) is 6.10 Å². The molecule has 6 nitrogen and oxygen atoms in total. The number of hydrogen-bond acceptors (Lipinski definition) is 6. The van der Waals surface area contributed by atoms with Crippen molar-refractivity contribution in [3.05, 3.63) is 0 Å². The predicted octanol–water partition coefficient (Wildman–Crippen LogP) is 17.7. The minimum Gasteiger partial charge on any atom is -0.462 e. The van der Waals surface area contributed by atoms with Gasteiger partial charge in [0.1, 0.15) is 13.2 Å². The monoisotopic (exact) mass is 863 g/mol. The molecule has 0 aromatic heterocycles. The van der Waals surface area contributed by atoms with Crippen LogP contribution in [0.25, 0.3) is 0 Å². The van der Waals surface area contributed by atoms with Gasteiger partial charge in [0.05, 0.1) is 0 Å². The maximum atomic E-state index is 12.8. The largest absolute Gasteiger partial charge is 0.462 e. The molecule has 0 saturated carbocycles. The molecular formula is C55H106O6. The number of carbonyl (C=O) groups excluding carboxylic acids is 3. The summed E-state index contributed by atoms with van der Waals surface area (Å²) in [4.78, 5) is 37.9. The fourth-order valence-electron chi connectivity index (χ4n) is 8.28. The number of unbranched alkanes of at least 4 members (excludes halogenated alkanes) is 32. The second kappa shape index (κ2) is 47.9. The fourth-order valence-corrected chi connectivity index (χ4v) is 8.28. The lowest BCUT2D eigenvalue weighted by molar-refractivity contribution is -0.167. The van der Waals surface area contributed by atoms with E-state index in [1.165, 1.54) is 193 Å². The van der Waals surface area contributed by atoms with E-state index in [1.54, 1.807) is 0 Å². The maximum Gasteiger partial charge on any atom is 0.306 e. The Morgan fingerprint density at radius 1 is 0.328 bits per heavy atom.